The highest BCUT2D eigenvalue weighted by Crippen LogP contribution is 2.16. The molecule has 0 aliphatic heterocycles. The molecule has 1 aromatic carbocycles. The topological polar surface area (TPSA) is 88.5 Å². The van der Waals surface area contributed by atoms with Crippen LogP contribution in [0.25, 0.3) is 0 Å². The Morgan fingerprint density at radius 2 is 2.08 bits per heavy atom. The van der Waals surface area contributed by atoms with Gasteiger partial charge in [-0.15, -0.1) is 0 Å². The Morgan fingerprint density at radius 3 is 2.71 bits per heavy atom. The number of carbonyl (C=O) groups excluding carboxylic acids is 2. The number of rotatable bonds is 7. The number of aromatic nitrogens is 1. The zero-order chi connectivity index (χ0) is 17.5. The van der Waals surface area contributed by atoms with E-state index < -0.39 is 12.1 Å². The third kappa shape index (κ3) is 4.63. The number of ketones is 1. The molecule has 0 radical (unpaired) electrons. The third-order valence-corrected chi connectivity index (χ3v) is 3.51. The minimum Gasteiger partial charge on any atom is -0.481 e. The van der Waals surface area contributed by atoms with Crippen LogP contribution in [-0.4, -0.2) is 34.5 Å². The number of hydrogen-bond donors (Lipinski definition) is 2. The average molecular weight is 328 g/mol. The van der Waals surface area contributed by atoms with Gasteiger partial charge >= 0.3 is 0 Å². The number of amides is 1. The lowest BCUT2D eigenvalue weighted by Gasteiger charge is -2.20. The Hall–Kier alpha value is -2.73. The van der Waals surface area contributed by atoms with E-state index in [1.54, 1.807) is 55.7 Å². The standard InChI is InChI=1S/C18H20N2O4/c1-12(22)14-5-3-7-16(9-14)24-13(2)18(23)20-17(11-21)15-6-4-8-19-10-15/h3-10,13,17,21H,11H2,1-2H3,(H,20,23). The molecule has 0 fully saturated rings. The summed E-state index contributed by atoms with van der Waals surface area (Å²) in [5.74, 6) is -0.00659. The normalized spacial score (nSPS) is 13.0. The predicted molar refractivity (Wildman–Crippen MR) is 88.7 cm³/mol. The summed E-state index contributed by atoms with van der Waals surface area (Å²) in [5.41, 5.74) is 1.22. The Labute approximate surface area is 140 Å². The van der Waals surface area contributed by atoms with Crippen molar-refractivity contribution < 1.29 is 19.4 Å². The van der Waals surface area contributed by atoms with Crippen molar-refractivity contribution in [2.75, 3.05) is 6.61 Å². The maximum Gasteiger partial charge on any atom is 0.261 e. The van der Waals surface area contributed by atoms with Crippen LogP contribution in [0.3, 0.4) is 0 Å². The van der Waals surface area contributed by atoms with Gasteiger partial charge in [0.2, 0.25) is 0 Å². The summed E-state index contributed by atoms with van der Waals surface area (Å²) in [6, 6.07) is 9.61. The van der Waals surface area contributed by atoms with Gasteiger partial charge in [-0.3, -0.25) is 14.6 Å². The van der Waals surface area contributed by atoms with Gasteiger partial charge in [0.25, 0.3) is 5.91 Å². The summed E-state index contributed by atoms with van der Waals surface area (Å²) >= 11 is 0. The van der Waals surface area contributed by atoms with Crippen molar-refractivity contribution in [1.82, 2.24) is 10.3 Å². The molecule has 0 saturated heterocycles. The number of carbonyl (C=O) groups is 2. The molecule has 6 nitrogen and oxygen atoms in total. The van der Waals surface area contributed by atoms with E-state index in [4.69, 9.17) is 4.74 Å². The largest absolute Gasteiger partial charge is 0.481 e. The van der Waals surface area contributed by atoms with Crippen LogP contribution in [0.4, 0.5) is 0 Å². The van der Waals surface area contributed by atoms with Gasteiger partial charge in [0.15, 0.2) is 11.9 Å². The minimum atomic E-state index is -0.780. The number of benzene rings is 1. The van der Waals surface area contributed by atoms with Crippen LogP contribution in [-0.2, 0) is 4.79 Å². The summed E-state index contributed by atoms with van der Waals surface area (Å²) in [4.78, 5) is 27.6. The van der Waals surface area contributed by atoms with Crippen LogP contribution in [0.1, 0.15) is 35.8 Å². The van der Waals surface area contributed by atoms with Gasteiger partial charge in [0.05, 0.1) is 12.6 Å². The molecule has 0 aliphatic carbocycles. The van der Waals surface area contributed by atoms with Crippen LogP contribution < -0.4 is 10.1 Å². The van der Waals surface area contributed by atoms with Crippen molar-refractivity contribution in [3.05, 3.63) is 59.9 Å². The fraction of sp³-hybridized carbons (Fsp3) is 0.278. The molecule has 24 heavy (non-hydrogen) atoms. The van der Waals surface area contributed by atoms with E-state index in [0.717, 1.165) is 0 Å². The molecule has 6 heteroatoms. The van der Waals surface area contributed by atoms with Gasteiger partial charge in [0.1, 0.15) is 5.75 Å². The lowest BCUT2D eigenvalue weighted by atomic mass is 10.1. The molecule has 1 heterocycles. The first kappa shape index (κ1) is 17.6. The summed E-state index contributed by atoms with van der Waals surface area (Å²) in [7, 11) is 0. The molecule has 0 spiro atoms. The van der Waals surface area contributed by atoms with Crippen LogP contribution in [0.2, 0.25) is 0 Å². The van der Waals surface area contributed by atoms with Gasteiger partial charge in [-0.1, -0.05) is 18.2 Å². The molecule has 2 rings (SSSR count). The number of aliphatic hydroxyl groups is 1. The first-order valence-corrected chi connectivity index (χ1v) is 7.60. The van der Waals surface area contributed by atoms with Crippen molar-refractivity contribution in [3.8, 4) is 5.75 Å². The van der Waals surface area contributed by atoms with Gasteiger partial charge in [-0.05, 0) is 37.6 Å². The molecule has 0 aliphatic rings. The van der Waals surface area contributed by atoms with Crippen LogP contribution in [0.5, 0.6) is 5.75 Å². The Balaban J connectivity index is 2.01. The second-order valence-corrected chi connectivity index (χ2v) is 5.37. The summed E-state index contributed by atoms with van der Waals surface area (Å²) in [6.07, 6.45) is 2.43. The average Bonchev–Trinajstić information content (AvgIpc) is 2.60. The Bertz CT molecular complexity index is 703. The zero-order valence-electron chi connectivity index (χ0n) is 13.6. The molecular weight excluding hydrogens is 308 g/mol. The van der Waals surface area contributed by atoms with E-state index >= 15 is 0 Å². The smallest absolute Gasteiger partial charge is 0.261 e. The fourth-order valence-electron chi connectivity index (χ4n) is 2.15. The number of Topliss-reactive ketones (excluding diaryl/α,β-unsaturated/α-hetero) is 1. The molecular formula is C18H20N2O4. The molecule has 1 amide bonds. The zero-order valence-corrected chi connectivity index (χ0v) is 13.6. The van der Waals surface area contributed by atoms with Crippen molar-refractivity contribution in [2.24, 2.45) is 0 Å². The van der Waals surface area contributed by atoms with Crippen LogP contribution >= 0.6 is 0 Å². The summed E-state index contributed by atoms with van der Waals surface area (Å²) in [5, 5.41) is 12.2. The summed E-state index contributed by atoms with van der Waals surface area (Å²) in [6.45, 7) is 2.83. The first-order chi connectivity index (χ1) is 11.5. The second-order valence-electron chi connectivity index (χ2n) is 5.37. The van der Waals surface area contributed by atoms with E-state index in [2.05, 4.69) is 10.3 Å². The maximum atomic E-state index is 12.3. The second kappa shape index (κ2) is 8.21. The van der Waals surface area contributed by atoms with Crippen molar-refractivity contribution >= 4 is 11.7 Å². The number of nitrogens with zero attached hydrogens (tertiary/aromatic N) is 1. The minimum absolute atomic E-state index is 0.0746. The number of aliphatic hydroxyl groups excluding tert-OH is 1. The molecule has 0 saturated carbocycles. The van der Waals surface area contributed by atoms with E-state index in [-0.39, 0.29) is 18.3 Å². The Kier molecular flexibility index (Phi) is 6.03. The van der Waals surface area contributed by atoms with Crippen LogP contribution in [0, 0.1) is 0 Å². The molecule has 2 N–H and O–H groups in total. The lowest BCUT2D eigenvalue weighted by Crippen LogP contribution is -2.39. The van der Waals surface area contributed by atoms with E-state index in [9.17, 15) is 14.7 Å². The van der Waals surface area contributed by atoms with Crippen molar-refractivity contribution in [1.29, 1.82) is 0 Å². The number of pyridine rings is 1. The summed E-state index contributed by atoms with van der Waals surface area (Å²) < 4.78 is 5.59. The maximum absolute atomic E-state index is 12.3. The number of nitrogens with one attached hydrogen (secondary N) is 1. The van der Waals surface area contributed by atoms with Crippen molar-refractivity contribution in [2.45, 2.75) is 26.0 Å². The third-order valence-electron chi connectivity index (χ3n) is 3.51. The molecule has 126 valence electrons. The molecule has 2 unspecified atom stereocenters. The molecule has 2 atom stereocenters. The molecule has 1 aromatic heterocycles. The van der Waals surface area contributed by atoms with Crippen molar-refractivity contribution in [3.63, 3.8) is 0 Å². The number of hydrogen-bond acceptors (Lipinski definition) is 5. The van der Waals surface area contributed by atoms with Gasteiger partial charge in [-0.25, -0.2) is 0 Å². The van der Waals surface area contributed by atoms with Crippen LogP contribution in [0.15, 0.2) is 48.8 Å². The van der Waals surface area contributed by atoms with Gasteiger partial charge < -0.3 is 15.2 Å². The van der Waals surface area contributed by atoms with E-state index in [1.165, 1.54) is 6.92 Å². The van der Waals surface area contributed by atoms with E-state index in [1.807, 2.05) is 0 Å². The lowest BCUT2D eigenvalue weighted by molar-refractivity contribution is -0.128. The first-order valence-electron chi connectivity index (χ1n) is 7.60. The van der Waals surface area contributed by atoms with Gasteiger partial charge in [-0.2, -0.15) is 0 Å². The SMILES string of the molecule is CC(=O)c1cccc(OC(C)C(=O)NC(CO)c2cccnc2)c1. The fourth-order valence-corrected chi connectivity index (χ4v) is 2.15. The molecule has 0 bridgehead atoms. The van der Waals surface area contributed by atoms with E-state index in [0.29, 0.717) is 16.9 Å². The molecule has 2 aromatic rings. The quantitative estimate of drug-likeness (QED) is 0.758. The highest BCUT2D eigenvalue weighted by molar-refractivity contribution is 5.94. The number of ether oxygens (including phenoxy) is 1. The highest BCUT2D eigenvalue weighted by Gasteiger charge is 2.20. The highest BCUT2D eigenvalue weighted by atomic mass is 16.5. The Morgan fingerprint density at radius 1 is 1.29 bits per heavy atom. The monoisotopic (exact) mass is 328 g/mol. The van der Waals surface area contributed by atoms with Gasteiger partial charge in [0, 0.05) is 18.0 Å². The predicted octanol–water partition coefficient (Wildman–Crippen LogP) is 1.90.